The molecule has 4 heteroatoms. The molecule has 16 heavy (non-hydrogen) atoms. The van der Waals surface area contributed by atoms with Crippen LogP contribution in [0.25, 0.3) is 0 Å². The molecule has 1 aromatic rings. The van der Waals surface area contributed by atoms with Crippen LogP contribution in [0.2, 0.25) is 0 Å². The Hall–Kier alpha value is -1.71. The highest BCUT2D eigenvalue weighted by Crippen LogP contribution is 2.23. The van der Waals surface area contributed by atoms with Gasteiger partial charge in [-0.3, -0.25) is 0 Å². The molecular weight excluding hydrogens is 208 g/mol. The normalized spacial score (nSPS) is 9.88. The Morgan fingerprint density at radius 1 is 1.38 bits per heavy atom. The van der Waals surface area contributed by atoms with Gasteiger partial charge in [-0.1, -0.05) is 6.92 Å². The van der Waals surface area contributed by atoms with Crippen LogP contribution in [-0.2, 0) is 4.74 Å². The number of hydrogen-bond acceptors (Lipinski definition) is 4. The number of phenolic OH excluding ortho intramolecular Hbond substituents is 1. The summed E-state index contributed by atoms with van der Waals surface area (Å²) >= 11 is 0. The predicted molar refractivity (Wildman–Crippen MR) is 59.8 cm³/mol. The van der Waals surface area contributed by atoms with Crippen LogP contribution < -0.4 is 4.74 Å². The Balaban J connectivity index is 2.84. The van der Waals surface area contributed by atoms with Crippen molar-refractivity contribution in [3.8, 4) is 11.5 Å². The number of esters is 1. The molecule has 0 heterocycles. The fourth-order valence-corrected chi connectivity index (χ4v) is 1.21. The van der Waals surface area contributed by atoms with Crippen molar-refractivity contribution in [3.63, 3.8) is 0 Å². The van der Waals surface area contributed by atoms with E-state index in [1.807, 2.05) is 13.8 Å². The number of benzene rings is 1. The van der Waals surface area contributed by atoms with Gasteiger partial charge in [-0.05, 0) is 31.5 Å². The third-order valence-corrected chi connectivity index (χ3v) is 1.94. The summed E-state index contributed by atoms with van der Waals surface area (Å²) in [7, 11) is 0. The van der Waals surface area contributed by atoms with Crippen LogP contribution in [0.15, 0.2) is 18.2 Å². The van der Waals surface area contributed by atoms with E-state index in [0.717, 1.165) is 6.42 Å². The van der Waals surface area contributed by atoms with Crippen molar-refractivity contribution in [1.29, 1.82) is 0 Å². The van der Waals surface area contributed by atoms with E-state index in [0.29, 0.717) is 19.0 Å². The minimum absolute atomic E-state index is 0.0930. The fraction of sp³-hybridized carbons (Fsp3) is 0.417. The highest BCUT2D eigenvalue weighted by atomic mass is 16.5. The topological polar surface area (TPSA) is 55.8 Å². The minimum Gasteiger partial charge on any atom is -0.507 e. The van der Waals surface area contributed by atoms with Gasteiger partial charge >= 0.3 is 5.97 Å². The molecule has 0 amide bonds. The van der Waals surface area contributed by atoms with E-state index < -0.39 is 5.97 Å². The van der Waals surface area contributed by atoms with Crippen molar-refractivity contribution in [3.05, 3.63) is 23.8 Å². The first-order valence-electron chi connectivity index (χ1n) is 5.32. The van der Waals surface area contributed by atoms with Crippen LogP contribution >= 0.6 is 0 Å². The molecular formula is C12H16O4. The van der Waals surface area contributed by atoms with Gasteiger partial charge in [0.25, 0.3) is 0 Å². The van der Waals surface area contributed by atoms with Gasteiger partial charge in [-0.2, -0.15) is 0 Å². The molecule has 0 aromatic heterocycles. The maximum atomic E-state index is 11.5. The van der Waals surface area contributed by atoms with Crippen molar-refractivity contribution in [1.82, 2.24) is 0 Å². The summed E-state index contributed by atoms with van der Waals surface area (Å²) in [6.45, 7) is 4.61. The number of carbonyl (C=O) groups excluding carboxylic acids is 1. The molecule has 0 unspecified atom stereocenters. The molecule has 88 valence electrons. The quantitative estimate of drug-likeness (QED) is 0.780. The van der Waals surface area contributed by atoms with Gasteiger partial charge in [0.15, 0.2) is 0 Å². The molecule has 0 radical (unpaired) electrons. The first kappa shape index (κ1) is 12.4. The summed E-state index contributed by atoms with van der Waals surface area (Å²) in [5.74, 6) is -0.0748. The SMILES string of the molecule is CCCOC(=O)c1cc(OCC)ccc1O. The zero-order valence-electron chi connectivity index (χ0n) is 9.53. The smallest absolute Gasteiger partial charge is 0.342 e. The Morgan fingerprint density at radius 3 is 2.75 bits per heavy atom. The van der Waals surface area contributed by atoms with Crippen LogP contribution in [0.3, 0.4) is 0 Å². The zero-order valence-corrected chi connectivity index (χ0v) is 9.53. The molecule has 0 atom stereocenters. The third kappa shape index (κ3) is 3.15. The molecule has 0 spiro atoms. The number of hydrogen-bond donors (Lipinski definition) is 1. The lowest BCUT2D eigenvalue weighted by molar-refractivity contribution is 0.0501. The second-order valence-corrected chi connectivity index (χ2v) is 3.25. The van der Waals surface area contributed by atoms with Crippen molar-refractivity contribution < 1.29 is 19.4 Å². The molecule has 0 saturated heterocycles. The predicted octanol–water partition coefficient (Wildman–Crippen LogP) is 2.36. The van der Waals surface area contributed by atoms with E-state index in [9.17, 15) is 9.90 Å². The molecule has 0 aliphatic carbocycles. The van der Waals surface area contributed by atoms with Crippen LogP contribution in [0.5, 0.6) is 11.5 Å². The highest BCUT2D eigenvalue weighted by Gasteiger charge is 2.13. The van der Waals surface area contributed by atoms with Crippen LogP contribution in [0.1, 0.15) is 30.6 Å². The molecule has 0 aliphatic rings. The average Bonchev–Trinajstić information content (AvgIpc) is 2.29. The van der Waals surface area contributed by atoms with E-state index >= 15 is 0 Å². The number of aromatic hydroxyl groups is 1. The lowest BCUT2D eigenvalue weighted by Gasteiger charge is -2.08. The van der Waals surface area contributed by atoms with Crippen LogP contribution in [-0.4, -0.2) is 24.3 Å². The largest absolute Gasteiger partial charge is 0.507 e. The second kappa shape index (κ2) is 6.00. The molecule has 0 aliphatic heterocycles. The fourth-order valence-electron chi connectivity index (χ4n) is 1.21. The van der Waals surface area contributed by atoms with Gasteiger partial charge in [0.05, 0.1) is 13.2 Å². The molecule has 1 rings (SSSR count). The second-order valence-electron chi connectivity index (χ2n) is 3.25. The van der Waals surface area contributed by atoms with E-state index in [-0.39, 0.29) is 11.3 Å². The van der Waals surface area contributed by atoms with E-state index in [1.165, 1.54) is 12.1 Å². The standard InChI is InChI=1S/C12H16O4/c1-3-7-16-12(14)10-8-9(15-4-2)5-6-11(10)13/h5-6,8,13H,3-4,7H2,1-2H3. The van der Waals surface area contributed by atoms with Crippen molar-refractivity contribution in [2.24, 2.45) is 0 Å². The van der Waals surface area contributed by atoms with Gasteiger partial charge < -0.3 is 14.6 Å². The van der Waals surface area contributed by atoms with Crippen LogP contribution in [0.4, 0.5) is 0 Å². The summed E-state index contributed by atoms with van der Waals surface area (Å²) in [5, 5.41) is 9.52. The first-order chi connectivity index (χ1) is 7.69. The van der Waals surface area contributed by atoms with Gasteiger partial charge in [-0.15, -0.1) is 0 Å². The Bertz CT molecular complexity index is 360. The van der Waals surface area contributed by atoms with Gasteiger partial charge in [0.1, 0.15) is 17.1 Å². The summed E-state index contributed by atoms with van der Waals surface area (Å²) in [5.41, 5.74) is 0.138. The molecule has 0 bridgehead atoms. The lowest BCUT2D eigenvalue weighted by Crippen LogP contribution is -2.06. The van der Waals surface area contributed by atoms with Crippen molar-refractivity contribution in [2.75, 3.05) is 13.2 Å². The van der Waals surface area contributed by atoms with E-state index in [1.54, 1.807) is 6.07 Å². The van der Waals surface area contributed by atoms with E-state index in [4.69, 9.17) is 9.47 Å². The monoisotopic (exact) mass is 224 g/mol. The van der Waals surface area contributed by atoms with Crippen LogP contribution in [0, 0.1) is 0 Å². The Morgan fingerprint density at radius 2 is 2.12 bits per heavy atom. The Kier molecular flexibility index (Phi) is 4.64. The van der Waals surface area contributed by atoms with E-state index in [2.05, 4.69) is 0 Å². The molecule has 1 aromatic carbocycles. The molecule has 0 saturated carbocycles. The maximum Gasteiger partial charge on any atom is 0.342 e. The van der Waals surface area contributed by atoms with Gasteiger partial charge in [0, 0.05) is 0 Å². The summed E-state index contributed by atoms with van der Waals surface area (Å²) in [6, 6.07) is 4.51. The van der Waals surface area contributed by atoms with Crippen molar-refractivity contribution >= 4 is 5.97 Å². The Labute approximate surface area is 94.8 Å². The number of carbonyl (C=O) groups is 1. The number of ether oxygens (including phenoxy) is 2. The molecule has 1 N–H and O–H groups in total. The number of phenols is 1. The third-order valence-electron chi connectivity index (χ3n) is 1.94. The van der Waals surface area contributed by atoms with Gasteiger partial charge in [0.2, 0.25) is 0 Å². The number of rotatable bonds is 5. The minimum atomic E-state index is -0.527. The summed E-state index contributed by atoms with van der Waals surface area (Å²) in [6.07, 6.45) is 0.748. The van der Waals surface area contributed by atoms with Gasteiger partial charge in [-0.25, -0.2) is 4.79 Å². The average molecular weight is 224 g/mol. The summed E-state index contributed by atoms with van der Waals surface area (Å²) in [4.78, 5) is 11.5. The molecule has 4 nitrogen and oxygen atoms in total. The highest BCUT2D eigenvalue weighted by molar-refractivity contribution is 5.92. The maximum absolute atomic E-state index is 11.5. The molecule has 0 fully saturated rings. The van der Waals surface area contributed by atoms with Crippen molar-refractivity contribution in [2.45, 2.75) is 20.3 Å². The lowest BCUT2D eigenvalue weighted by atomic mass is 10.2. The zero-order chi connectivity index (χ0) is 12.0. The first-order valence-corrected chi connectivity index (χ1v) is 5.32. The summed E-state index contributed by atoms with van der Waals surface area (Å²) < 4.78 is 10.2.